The van der Waals surface area contributed by atoms with Gasteiger partial charge in [-0.05, 0) is 11.6 Å². The van der Waals surface area contributed by atoms with Crippen LogP contribution < -0.4 is 5.32 Å². The van der Waals surface area contributed by atoms with E-state index in [0.29, 0.717) is 6.54 Å². The maximum atomic E-state index is 12.3. The Kier molecular flexibility index (Phi) is 4.99. The number of nitrogens with one attached hydrogen (secondary N) is 2. The van der Waals surface area contributed by atoms with Crippen molar-refractivity contribution in [3.8, 4) is 0 Å². The van der Waals surface area contributed by atoms with E-state index in [4.69, 9.17) is 0 Å². The summed E-state index contributed by atoms with van der Waals surface area (Å²) in [4.78, 5) is 19.5. The van der Waals surface area contributed by atoms with Crippen molar-refractivity contribution in [1.29, 1.82) is 0 Å². The molecule has 0 aromatic carbocycles. The van der Waals surface area contributed by atoms with Gasteiger partial charge >= 0.3 is 0 Å². The molecule has 0 saturated carbocycles. The zero-order chi connectivity index (χ0) is 13.7. The van der Waals surface area contributed by atoms with Gasteiger partial charge in [0.15, 0.2) is 0 Å². The summed E-state index contributed by atoms with van der Waals surface area (Å²) in [6.45, 7) is 7.70. The smallest absolute Gasteiger partial charge is 0.226 e. The number of carbonyl (C=O) groups is 1. The molecular weight excluding hydrogens is 240 g/mol. The van der Waals surface area contributed by atoms with Gasteiger partial charge in [0.2, 0.25) is 5.91 Å². The van der Waals surface area contributed by atoms with E-state index in [0.717, 1.165) is 38.3 Å². The Morgan fingerprint density at radius 1 is 1.47 bits per heavy atom. The molecule has 0 aliphatic carbocycles. The number of piperazine rings is 1. The Labute approximate surface area is 115 Å². The Bertz CT molecular complexity index is 384. The topological polar surface area (TPSA) is 51.4 Å². The molecule has 0 bridgehead atoms. The fourth-order valence-corrected chi connectivity index (χ4v) is 2.54. The second kappa shape index (κ2) is 6.73. The first-order chi connectivity index (χ1) is 9.16. The van der Waals surface area contributed by atoms with Crippen LogP contribution in [0.3, 0.4) is 0 Å². The van der Waals surface area contributed by atoms with Gasteiger partial charge in [-0.2, -0.15) is 0 Å². The molecular formula is C14H24N4O. The van der Waals surface area contributed by atoms with E-state index in [1.807, 2.05) is 37.3 Å². The average Bonchev–Trinajstić information content (AvgIpc) is 2.91. The average molecular weight is 264 g/mol. The van der Waals surface area contributed by atoms with Gasteiger partial charge in [0.1, 0.15) is 0 Å². The number of amides is 1. The van der Waals surface area contributed by atoms with E-state index in [1.54, 1.807) is 0 Å². The van der Waals surface area contributed by atoms with Crippen LogP contribution in [0.25, 0.3) is 0 Å². The molecule has 2 rings (SSSR count). The van der Waals surface area contributed by atoms with Crippen LogP contribution in [0.5, 0.6) is 0 Å². The molecule has 19 heavy (non-hydrogen) atoms. The Hall–Kier alpha value is -1.33. The highest BCUT2D eigenvalue weighted by Crippen LogP contribution is 2.08. The summed E-state index contributed by atoms with van der Waals surface area (Å²) >= 11 is 0. The molecule has 1 unspecified atom stereocenters. The van der Waals surface area contributed by atoms with Gasteiger partial charge in [0.25, 0.3) is 0 Å². The number of rotatable bonds is 5. The molecule has 1 fully saturated rings. The van der Waals surface area contributed by atoms with Crippen LogP contribution >= 0.6 is 0 Å². The summed E-state index contributed by atoms with van der Waals surface area (Å²) in [6, 6.07) is 2.00. The zero-order valence-electron chi connectivity index (χ0n) is 11.9. The monoisotopic (exact) mass is 264 g/mol. The number of hydrogen-bond donors (Lipinski definition) is 2. The van der Waals surface area contributed by atoms with E-state index in [9.17, 15) is 4.79 Å². The van der Waals surface area contributed by atoms with Gasteiger partial charge in [-0.3, -0.25) is 4.79 Å². The van der Waals surface area contributed by atoms with Crippen LogP contribution in [0.4, 0.5) is 0 Å². The maximum Gasteiger partial charge on any atom is 0.226 e. The Morgan fingerprint density at radius 2 is 2.21 bits per heavy atom. The van der Waals surface area contributed by atoms with Crippen LogP contribution in [0.15, 0.2) is 18.5 Å². The highest BCUT2D eigenvalue weighted by atomic mass is 16.2. The van der Waals surface area contributed by atoms with Crippen molar-refractivity contribution >= 4 is 5.91 Å². The summed E-state index contributed by atoms with van der Waals surface area (Å²) in [7, 11) is 1.88. The van der Waals surface area contributed by atoms with Crippen LogP contribution in [-0.4, -0.2) is 60.5 Å². The number of H-pyrrole nitrogens is 1. The Balaban J connectivity index is 1.80. The summed E-state index contributed by atoms with van der Waals surface area (Å²) < 4.78 is 0. The Morgan fingerprint density at radius 3 is 2.84 bits per heavy atom. The lowest BCUT2D eigenvalue weighted by molar-refractivity contribution is -0.134. The minimum absolute atomic E-state index is 0.0574. The predicted molar refractivity (Wildman–Crippen MR) is 75.7 cm³/mol. The van der Waals surface area contributed by atoms with Crippen molar-refractivity contribution in [3.63, 3.8) is 0 Å². The van der Waals surface area contributed by atoms with Crippen molar-refractivity contribution < 1.29 is 4.79 Å². The third-order valence-corrected chi connectivity index (χ3v) is 3.62. The highest BCUT2D eigenvalue weighted by molar-refractivity contribution is 5.78. The number of nitrogens with zero attached hydrogens (tertiary/aromatic N) is 2. The largest absolute Gasteiger partial charge is 0.367 e. The molecule has 1 saturated heterocycles. The molecule has 1 amide bonds. The van der Waals surface area contributed by atoms with Crippen molar-refractivity contribution in [2.45, 2.75) is 13.5 Å². The van der Waals surface area contributed by atoms with Crippen molar-refractivity contribution in [3.05, 3.63) is 24.0 Å². The van der Waals surface area contributed by atoms with E-state index >= 15 is 0 Å². The first-order valence-corrected chi connectivity index (χ1v) is 6.96. The second-order valence-electron chi connectivity index (χ2n) is 5.37. The maximum absolute atomic E-state index is 12.3. The molecule has 0 spiro atoms. The fourth-order valence-electron chi connectivity index (χ4n) is 2.54. The predicted octanol–water partition coefficient (Wildman–Crippen LogP) is 0.514. The molecule has 1 aromatic heterocycles. The van der Waals surface area contributed by atoms with Gasteiger partial charge in [0, 0.05) is 64.6 Å². The van der Waals surface area contributed by atoms with E-state index in [-0.39, 0.29) is 11.8 Å². The minimum atomic E-state index is 0.0574. The second-order valence-corrected chi connectivity index (χ2v) is 5.37. The summed E-state index contributed by atoms with van der Waals surface area (Å²) in [5.41, 5.74) is 1.14. The molecule has 5 nitrogen and oxygen atoms in total. The summed E-state index contributed by atoms with van der Waals surface area (Å²) in [5, 5.41) is 3.33. The third kappa shape index (κ3) is 4.08. The van der Waals surface area contributed by atoms with E-state index < -0.39 is 0 Å². The van der Waals surface area contributed by atoms with Crippen LogP contribution in [0.2, 0.25) is 0 Å². The van der Waals surface area contributed by atoms with Crippen LogP contribution in [-0.2, 0) is 11.3 Å². The molecule has 2 heterocycles. The zero-order valence-corrected chi connectivity index (χ0v) is 11.9. The fraction of sp³-hybridized carbons (Fsp3) is 0.643. The third-order valence-electron chi connectivity index (χ3n) is 3.62. The van der Waals surface area contributed by atoms with Gasteiger partial charge in [-0.15, -0.1) is 0 Å². The normalized spacial score (nSPS) is 18.2. The van der Waals surface area contributed by atoms with Gasteiger partial charge in [-0.25, -0.2) is 0 Å². The molecule has 106 valence electrons. The molecule has 1 aliphatic rings. The van der Waals surface area contributed by atoms with Crippen molar-refractivity contribution in [2.24, 2.45) is 5.92 Å². The number of aromatic nitrogens is 1. The standard InChI is InChI=1S/C14H24N4O/c1-12(10-18-7-5-15-6-8-18)14(19)17(2)11-13-3-4-16-9-13/h3-4,9,12,15-16H,5-8,10-11H2,1-2H3. The van der Waals surface area contributed by atoms with Crippen LogP contribution in [0, 0.1) is 5.92 Å². The lowest BCUT2D eigenvalue weighted by Crippen LogP contribution is -2.47. The molecule has 0 radical (unpaired) electrons. The SMILES string of the molecule is CC(CN1CCNCC1)C(=O)N(C)Cc1cc[nH]c1. The van der Waals surface area contributed by atoms with E-state index in [1.165, 1.54) is 0 Å². The number of carbonyl (C=O) groups excluding carboxylic acids is 1. The summed E-state index contributed by atoms with van der Waals surface area (Å²) in [5.74, 6) is 0.279. The summed E-state index contributed by atoms with van der Waals surface area (Å²) in [6.07, 6.45) is 3.82. The highest BCUT2D eigenvalue weighted by Gasteiger charge is 2.21. The lowest BCUT2D eigenvalue weighted by Gasteiger charge is -2.30. The molecule has 2 N–H and O–H groups in total. The molecule has 5 heteroatoms. The first-order valence-electron chi connectivity index (χ1n) is 6.96. The minimum Gasteiger partial charge on any atom is -0.367 e. The van der Waals surface area contributed by atoms with Crippen molar-refractivity contribution in [2.75, 3.05) is 39.8 Å². The van der Waals surface area contributed by atoms with E-state index in [2.05, 4.69) is 15.2 Å². The quantitative estimate of drug-likeness (QED) is 0.815. The molecule has 1 aromatic rings. The number of hydrogen-bond acceptors (Lipinski definition) is 3. The van der Waals surface area contributed by atoms with Crippen LogP contribution in [0.1, 0.15) is 12.5 Å². The molecule has 1 atom stereocenters. The van der Waals surface area contributed by atoms with Gasteiger partial charge in [-0.1, -0.05) is 6.92 Å². The van der Waals surface area contributed by atoms with Gasteiger partial charge < -0.3 is 20.1 Å². The molecule has 1 aliphatic heterocycles. The number of aromatic amines is 1. The van der Waals surface area contributed by atoms with Crippen molar-refractivity contribution in [1.82, 2.24) is 20.1 Å². The first kappa shape index (κ1) is 14.1. The lowest BCUT2D eigenvalue weighted by atomic mass is 10.1. The van der Waals surface area contributed by atoms with Gasteiger partial charge in [0.05, 0.1) is 0 Å².